The Balaban J connectivity index is 1.91. The summed E-state index contributed by atoms with van der Waals surface area (Å²) in [6.07, 6.45) is 4.00. The number of hydrogen-bond acceptors (Lipinski definition) is 3. The first-order valence-corrected chi connectivity index (χ1v) is 7.45. The van der Waals surface area contributed by atoms with Gasteiger partial charge in [0.25, 0.3) is 0 Å². The van der Waals surface area contributed by atoms with Crippen LogP contribution in [0.4, 0.5) is 0 Å². The third-order valence-electron chi connectivity index (χ3n) is 3.62. The maximum atomic E-state index is 5.95. The van der Waals surface area contributed by atoms with E-state index in [4.69, 9.17) is 4.74 Å². The average molecular weight is 262 g/mol. The summed E-state index contributed by atoms with van der Waals surface area (Å²) < 4.78 is 5.95. The number of rotatable bonds is 7. The number of aromatic nitrogens is 1. The second kappa shape index (κ2) is 6.90. The average Bonchev–Trinajstić information content (AvgIpc) is 2.29. The molecule has 0 saturated heterocycles. The van der Waals surface area contributed by atoms with Crippen molar-refractivity contribution in [1.82, 2.24) is 10.3 Å². The lowest BCUT2D eigenvalue weighted by molar-refractivity contribution is 0.178. The standard InChI is InChI=1S/C16H26N2O/c1-12(2)9-17-10-15-16(8-7-13(3)18-15)19-11-14-5-4-6-14/h7-8,12,14,17H,4-6,9-11H2,1-3H3. The molecule has 1 aliphatic carbocycles. The van der Waals surface area contributed by atoms with Crippen molar-refractivity contribution in [2.24, 2.45) is 11.8 Å². The highest BCUT2D eigenvalue weighted by Gasteiger charge is 2.18. The Morgan fingerprint density at radius 1 is 1.37 bits per heavy atom. The van der Waals surface area contributed by atoms with Crippen molar-refractivity contribution < 1.29 is 4.74 Å². The van der Waals surface area contributed by atoms with Crippen molar-refractivity contribution in [3.63, 3.8) is 0 Å². The predicted molar refractivity (Wildman–Crippen MR) is 78.4 cm³/mol. The van der Waals surface area contributed by atoms with Gasteiger partial charge in [0.05, 0.1) is 12.3 Å². The molecule has 0 radical (unpaired) electrons. The van der Waals surface area contributed by atoms with Crippen LogP contribution in [0.25, 0.3) is 0 Å². The Bertz CT molecular complexity index is 400. The highest BCUT2D eigenvalue weighted by molar-refractivity contribution is 5.29. The highest BCUT2D eigenvalue weighted by atomic mass is 16.5. The molecule has 0 amide bonds. The summed E-state index contributed by atoms with van der Waals surface area (Å²) in [6, 6.07) is 4.09. The first-order chi connectivity index (χ1) is 9.15. The zero-order valence-corrected chi connectivity index (χ0v) is 12.4. The van der Waals surface area contributed by atoms with Crippen molar-refractivity contribution in [3.05, 3.63) is 23.5 Å². The van der Waals surface area contributed by atoms with Crippen LogP contribution in [0.5, 0.6) is 5.75 Å². The number of aryl methyl sites for hydroxylation is 1. The molecule has 19 heavy (non-hydrogen) atoms. The van der Waals surface area contributed by atoms with Gasteiger partial charge in [0.15, 0.2) is 0 Å². The molecule has 3 nitrogen and oxygen atoms in total. The molecule has 0 bridgehead atoms. The quantitative estimate of drug-likeness (QED) is 0.818. The van der Waals surface area contributed by atoms with Gasteiger partial charge in [-0.3, -0.25) is 4.98 Å². The SMILES string of the molecule is Cc1ccc(OCC2CCC2)c(CNCC(C)C)n1. The number of nitrogens with one attached hydrogen (secondary N) is 1. The van der Waals surface area contributed by atoms with E-state index >= 15 is 0 Å². The lowest BCUT2D eigenvalue weighted by Crippen LogP contribution is -2.22. The van der Waals surface area contributed by atoms with Gasteiger partial charge in [0.1, 0.15) is 5.75 Å². The molecule has 1 saturated carbocycles. The molecule has 0 spiro atoms. The molecule has 1 heterocycles. The number of hydrogen-bond donors (Lipinski definition) is 1. The summed E-state index contributed by atoms with van der Waals surface area (Å²) in [7, 11) is 0. The minimum absolute atomic E-state index is 0.657. The van der Waals surface area contributed by atoms with Crippen molar-refractivity contribution in [3.8, 4) is 5.75 Å². The first kappa shape index (κ1) is 14.3. The molecule has 1 N–H and O–H groups in total. The second-order valence-electron chi connectivity index (χ2n) is 6.03. The van der Waals surface area contributed by atoms with Gasteiger partial charge in [-0.05, 0) is 50.3 Å². The van der Waals surface area contributed by atoms with E-state index in [-0.39, 0.29) is 0 Å². The lowest BCUT2D eigenvalue weighted by Gasteiger charge is -2.25. The molecule has 1 aromatic rings. The molecule has 0 atom stereocenters. The Kier molecular flexibility index (Phi) is 5.20. The van der Waals surface area contributed by atoms with Crippen LogP contribution in [-0.4, -0.2) is 18.1 Å². The maximum absolute atomic E-state index is 5.95. The van der Waals surface area contributed by atoms with Gasteiger partial charge in [0.2, 0.25) is 0 Å². The largest absolute Gasteiger partial charge is 0.491 e. The van der Waals surface area contributed by atoms with Gasteiger partial charge in [-0.2, -0.15) is 0 Å². The fraction of sp³-hybridized carbons (Fsp3) is 0.688. The van der Waals surface area contributed by atoms with Crippen LogP contribution in [0, 0.1) is 18.8 Å². The lowest BCUT2D eigenvalue weighted by atomic mass is 9.86. The number of nitrogens with zero attached hydrogens (tertiary/aromatic N) is 1. The highest BCUT2D eigenvalue weighted by Crippen LogP contribution is 2.27. The summed E-state index contributed by atoms with van der Waals surface area (Å²) in [5, 5.41) is 3.44. The van der Waals surface area contributed by atoms with Gasteiger partial charge in [-0.25, -0.2) is 0 Å². The Labute approximate surface area is 116 Å². The van der Waals surface area contributed by atoms with Crippen LogP contribution in [0.3, 0.4) is 0 Å². The van der Waals surface area contributed by atoms with E-state index < -0.39 is 0 Å². The van der Waals surface area contributed by atoms with E-state index in [9.17, 15) is 0 Å². The van der Waals surface area contributed by atoms with Crippen LogP contribution in [0.2, 0.25) is 0 Å². The van der Waals surface area contributed by atoms with E-state index in [2.05, 4.69) is 30.2 Å². The molecule has 1 aliphatic rings. The zero-order chi connectivity index (χ0) is 13.7. The molecule has 0 aliphatic heterocycles. The topological polar surface area (TPSA) is 34.1 Å². The summed E-state index contributed by atoms with van der Waals surface area (Å²) in [4.78, 5) is 4.60. The van der Waals surface area contributed by atoms with Crippen LogP contribution in [-0.2, 0) is 6.54 Å². The number of pyridine rings is 1. The van der Waals surface area contributed by atoms with Gasteiger partial charge >= 0.3 is 0 Å². The summed E-state index contributed by atoms with van der Waals surface area (Å²) in [6.45, 7) is 9.11. The van der Waals surface area contributed by atoms with Crippen molar-refractivity contribution in [1.29, 1.82) is 0 Å². The van der Waals surface area contributed by atoms with Gasteiger partial charge in [-0.15, -0.1) is 0 Å². The molecular weight excluding hydrogens is 236 g/mol. The van der Waals surface area contributed by atoms with Crippen molar-refractivity contribution in [2.75, 3.05) is 13.2 Å². The predicted octanol–water partition coefficient (Wildman–Crippen LogP) is 3.31. The van der Waals surface area contributed by atoms with Gasteiger partial charge in [0, 0.05) is 12.2 Å². The van der Waals surface area contributed by atoms with Crippen molar-refractivity contribution >= 4 is 0 Å². The molecule has 0 aromatic carbocycles. The summed E-state index contributed by atoms with van der Waals surface area (Å²) >= 11 is 0. The fourth-order valence-corrected chi connectivity index (χ4v) is 2.20. The van der Waals surface area contributed by atoms with Crippen LogP contribution in [0.1, 0.15) is 44.5 Å². The van der Waals surface area contributed by atoms with E-state index in [0.717, 1.165) is 42.8 Å². The molecule has 106 valence electrons. The van der Waals surface area contributed by atoms with E-state index in [1.807, 2.05) is 13.0 Å². The van der Waals surface area contributed by atoms with E-state index in [0.29, 0.717) is 5.92 Å². The van der Waals surface area contributed by atoms with Crippen LogP contribution < -0.4 is 10.1 Å². The van der Waals surface area contributed by atoms with E-state index in [1.54, 1.807) is 0 Å². The van der Waals surface area contributed by atoms with E-state index in [1.165, 1.54) is 19.3 Å². The minimum atomic E-state index is 0.657. The molecule has 1 fully saturated rings. The third-order valence-corrected chi connectivity index (χ3v) is 3.62. The number of ether oxygens (including phenoxy) is 1. The molecule has 2 rings (SSSR count). The molecule has 3 heteroatoms. The maximum Gasteiger partial charge on any atom is 0.142 e. The smallest absolute Gasteiger partial charge is 0.142 e. The first-order valence-electron chi connectivity index (χ1n) is 7.45. The third kappa shape index (κ3) is 4.50. The Morgan fingerprint density at radius 3 is 2.79 bits per heavy atom. The molecule has 0 unspecified atom stereocenters. The monoisotopic (exact) mass is 262 g/mol. The second-order valence-corrected chi connectivity index (χ2v) is 6.03. The van der Waals surface area contributed by atoms with Crippen LogP contribution in [0.15, 0.2) is 12.1 Å². The zero-order valence-electron chi connectivity index (χ0n) is 12.4. The Hall–Kier alpha value is -1.09. The minimum Gasteiger partial charge on any atom is -0.491 e. The Morgan fingerprint density at radius 2 is 2.16 bits per heavy atom. The molecule has 1 aromatic heterocycles. The van der Waals surface area contributed by atoms with Gasteiger partial charge in [-0.1, -0.05) is 20.3 Å². The normalized spacial score (nSPS) is 15.6. The van der Waals surface area contributed by atoms with Crippen molar-refractivity contribution in [2.45, 2.75) is 46.6 Å². The molecular formula is C16H26N2O. The van der Waals surface area contributed by atoms with Crippen LogP contribution >= 0.6 is 0 Å². The fourth-order valence-electron chi connectivity index (χ4n) is 2.20. The van der Waals surface area contributed by atoms with Gasteiger partial charge < -0.3 is 10.1 Å². The summed E-state index contributed by atoms with van der Waals surface area (Å²) in [5.74, 6) is 2.37. The summed E-state index contributed by atoms with van der Waals surface area (Å²) in [5.41, 5.74) is 2.09.